The molecule has 0 radical (unpaired) electrons. The molecule has 5 aromatic rings. The number of fused-ring (bicyclic) bond motifs is 7. The molecule has 9 bridgehead atoms. The minimum absolute atomic E-state index is 0.00694. The number of ketones is 1. The zero-order valence-electron chi connectivity index (χ0n) is 41.2. The molecule has 10 atom stereocenters. The number of aliphatic hydroxyl groups excluding tert-OH is 2. The Morgan fingerprint density at radius 2 is 1.85 bits per heavy atom. The van der Waals surface area contributed by atoms with Gasteiger partial charge in [0.1, 0.15) is 5.75 Å². The van der Waals surface area contributed by atoms with Crippen LogP contribution in [0, 0.1) is 58.7 Å². The lowest BCUT2D eigenvalue weighted by Crippen LogP contribution is -2.46. The maximum atomic E-state index is 15.5. The Morgan fingerprint density at radius 1 is 1.03 bits per heavy atom. The van der Waals surface area contributed by atoms with Crippen LogP contribution in [-0.2, 0) is 25.7 Å². The summed E-state index contributed by atoms with van der Waals surface area (Å²) in [7, 11) is 0. The number of hydrogen-bond acceptors (Lipinski definition) is 10. The van der Waals surface area contributed by atoms with Gasteiger partial charge in [-0.3, -0.25) is 4.79 Å². The number of aromatic amines is 1. The van der Waals surface area contributed by atoms with E-state index in [-0.39, 0.29) is 53.2 Å². The van der Waals surface area contributed by atoms with Gasteiger partial charge >= 0.3 is 0 Å². The van der Waals surface area contributed by atoms with Gasteiger partial charge in [-0.2, -0.15) is 0 Å². The number of hydrogen-bond donors (Lipinski definition) is 8. The van der Waals surface area contributed by atoms with E-state index in [1.165, 1.54) is 6.42 Å². The van der Waals surface area contributed by atoms with Gasteiger partial charge < -0.3 is 41.8 Å². The molecular formula is C59H66N6O5S2. The summed E-state index contributed by atoms with van der Waals surface area (Å²) in [4.78, 5) is 32.4. The number of nitrogens with zero attached hydrogens (tertiary/aromatic N) is 2. The second kappa shape index (κ2) is 20.0. The number of guanidine groups is 1. The lowest BCUT2D eigenvalue weighted by molar-refractivity contribution is 0.0139. The second-order valence-corrected chi connectivity index (χ2v) is 24.1. The summed E-state index contributed by atoms with van der Waals surface area (Å²) in [5, 5.41) is 55.0. The number of aliphatic hydroxyl groups is 3. The molecule has 374 valence electrons. The highest BCUT2D eigenvalue weighted by Gasteiger charge is 2.58. The lowest BCUT2D eigenvalue weighted by atomic mass is 9.58. The minimum Gasteiger partial charge on any atom is -0.507 e. The number of nitrogens with two attached hydrogens (primary N) is 1. The molecule has 6 aliphatic rings. The van der Waals surface area contributed by atoms with Gasteiger partial charge in [0.2, 0.25) is 0 Å². The molecule has 11 rings (SSSR count). The van der Waals surface area contributed by atoms with Crippen molar-refractivity contribution >= 4 is 46.2 Å². The van der Waals surface area contributed by atoms with Crippen molar-refractivity contribution in [2.45, 2.75) is 134 Å². The summed E-state index contributed by atoms with van der Waals surface area (Å²) in [6, 6.07) is 15.8. The molecule has 2 aliphatic heterocycles. The van der Waals surface area contributed by atoms with E-state index in [2.05, 4.69) is 74.6 Å². The minimum atomic E-state index is -1.26. The van der Waals surface area contributed by atoms with Crippen molar-refractivity contribution in [1.82, 2.24) is 15.3 Å². The number of aromatic nitrogens is 2. The zero-order valence-corrected chi connectivity index (χ0v) is 42.8. The van der Waals surface area contributed by atoms with E-state index in [9.17, 15) is 20.4 Å². The van der Waals surface area contributed by atoms with Crippen LogP contribution in [-0.4, -0.2) is 78.6 Å². The molecule has 0 unspecified atom stereocenters. The van der Waals surface area contributed by atoms with Gasteiger partial charge in [0.05, 0.1) is 57.7 Å². The van der Waals surface area contributed by atoms with E-state index < -0.39 is 29.8 Å². The fourth-order valence-corrected chi connectivity index (χ4v) is 15.8. The molecule has 5 heterocycles. The summed E-state index contributed by atoms with van der Waals surface area (Å²) >= 11 is 3.18. The van der Waals surface area contributed by atoms with Crippen molar-refractivity contribution in [3.8, 4) is 39.2 Å². The zero-order chi connectivity index (χ0) is 49.7. The maximum absolute atomic E-state index is 15.5. The maximum Gasteiger partial charge on any atom is 0.189 e. The van der Waals surface area contributed by atoms with Crippen LogP contribution in [0.15, 0.2) is 72.1 Å². The Kier molecular flexibility index (Phi) is 13.5. The smallest absolute Gasteiger partial charge is 0.189 e. The first-order valence-corrected chi connectivity index (χ1v) is 27.7. The largest absolute Gasteiger partial charge is 0.507 e. The molecule has 4 aliphatic carbocycles. The number of thiophene rings is 2. The predicted octanol–water partition coefficient (Wildman–Crippen LogP) is 9.02. The lowest BCUT2D eigenvalue weighted by Gasteiger charge is -2.46. The van der Waals surface area contributed by atoms with Gasteiger partial charge in [-0.25, -0.2) is 9.98 Å². The summed E-state index contributed by atoms with van der Waals surface area (Å²) < 4.78 is 0. The summed E-state index contributed by atoms with van der Waals surface area (Å²) in [6.45, 7) is 3.30. The second-order valence-electron chi connectivity index (χ2n) is 21.9. The highest BCUT2D eigenvalue weighted by molar-refractivity contribution is 7.23. The highest BCUT2D eigenvalue weighted by Crippen LogP contribution is 2.62. The van der Waals surface area contributed by atoms with Crippen molar-refractivity contribution in [3.05, 3.63) is 116 Å². The van der Waals surface area contributed by atoms with E-state index in [1.807, 2.05) is 50.4 Å². The molecule has 72 heavy (non-hydrogen) atoms. The van der Waals surface area contributed by atoms with E-state index in [4.69, 9.17) is 10.7 Å². The third-order valence-electron chi connectivity index (χ3n) is 17.3. The molecule has 3 saturated carbocycles. The first-order chi connectivity index (χ1) is 34.9. The quantitative estimate of drug-likeness (QED) is 0.0309. The molecule has 2 aromatic carbocycles. The van der Waals surface area contributed by atoms with Crippen molar-refractivity contribution in [2.75, 3.05) is 11.9 Å². The molecule has 9 N–H and O–H groups in total. The average Bonchev–Trinajstić information content (AvgIpc) is 4.22. The van der Waals surface area contributed by atoms with Gasteiger partial charge in [0, 0.05) is 57.9 Å². The number of aromatic hydroxyl groups is 1. The first kappa shape index (κ1) is 48.6. The Morgan fingerprint density at radius 3 is 2.65 bits per heavy atom. The van der Waals surface area contributed by atoms with Crippen molar-refractivity contribution in [3.63, 3.8) is 0 Å². The van der Waals surface area contributed by atoms with Crippen LogP contribution in [0.2, 0.25) is 0 Å². The van der Waals surface area contributed by atoms with Crippen LogP contribution in [0.5, 0.6) is 5.75 Å². The number of carbonyl (C=O) groups excluding carboxylic acids is 1. The number of H-pyrrole nitrogens is 1. The van der Waals surface area contributed by atoms with E-state index in [0.29, 0.717) is 68.6 Å². The monoisotopic (exact) mass is 1000 g/mol. The van der Waals surface area contributed by atoms with E-state index in [0.717, 1.165) is 85.1 Å². The number of phenolic OH excluding ortho intramolecular Hbond substituents is 1. The Hall–Kier alpha value is -5.67. The molecule has 3 aromatic heterocycles. The number of anilines is 1. The van der Waals surface area contributed by atoms with E-state index in [1.54, 1.807) is 29.0 Å². The molecule has 0 amide bonds. The van der Waals surface area contributed by atoms with Crippen molar-refractivity contribution < 1.29 is 25.2 Å². The number of Topliss-reactive ketones (excluding diaryl/α,β-unsaturated/α-hetero) is 1. The Balaban J connectivity index is 1.09. The van der Waals surface area contributed by atoms with Gasteiger partial charge in [-0.05, 0) is 147 Å². The molecular weight excluding hydrogens is 937 g/mol. The molecule has 13 heteroatoms. The third-order valence-corrected chi connectivity index (χ3v) is 19.6. The number of nitrogens with one attached hydrogen (secondary N) is 3. The molecule has 0 saturated heterocycles. The number of imidazole rings is 1. The first-order valence-electron chi connectivity index (χ1n) is 26.1. The topological polar surface area (TPSA) is 189 Å². The molecule has 3 fully saturated rings. The average molecular weight is 1000 g/mol. The molecule has 1 spiro atoms. The van der Waals surface area contributed by atoms with Crippen LogP contribution in [0.25, 0.3) is 15.8 Å². The van der Waals surface area contributed by atoms with Crippen LogP contribution in [0.1, 0.15) is 132 Å². The van der Waals surface area contributed by atoms with Crippen molar-refractivity contribution in [1.29, 1.82) is 0 Å². The van der Waals surface area contributed by atoms with Crippen LogP contribution >= 0.6 is 22.7 Å². The number of benzene rings is 2. The highest BCUT2D eigenvalue weighted by atomic mass is 32.1. The predicted molar refractivity (Wildman–Crippen MR) is 287 cm³/mol. The SMILES string of the molecule is CC#Cc1ccc(-c2ccc(C(=O)[C@@H]3CC[C@@H]4C[C@]35C[C@H]([C@@H]([C@H](O)CO)C5)[C@@H]3C#Cc5c(cc(O)c6c5N[C@@H](C=C6)[C@](C)(O)Cc5cccc(c5Cc5cnc[nH]5)C3)C[C@H]4N=C(N)NC3CCCCC3)s2)s1. The number of phenols is 1. The van der Waals surface area contributed by atoms with Gasteiger partial charge in [0.25, 0.3) is 0 Å². The van der Waals surface area contributed by atoms with Crippen molar-refractivity contribution in [2.24, 2.45) is 45.7 Å². The fraction of sp³-hybridized carbons (Fsp3) is 0.475. The number of rotatable bonds is 9. The van der Waals surface area contributed by atoms with Gasteiger partial charge in [-0.1, -0.05) is 67.4 Å². The Labute approximate surface area is 430 Å². The fourth-order valence-electron chi connectivity index (χ4n) is 13.8. The van der Waals surface area contributed by atoms with Gasteiger partial charge in [0.15, 0.2) is 11.7 Å². The third kappa shape index (κ3) is 9.44. The molecule has 11 nitrogen and oxygen atoms in total. The normalized spacial score (nSPS) is 29.2. The standard InChI is InChI=1S/C59H66N6O5S2/c1-3-8-41-15-19-51(71-41)52-20-21-53(72-52)56(69)47-18-14-37-28-59(47)29-45(46(30-59)50(68)32-66)35-13-16-42-38(24-48(37)64-57(60)63-39-11-5-4-6-12-39)25-49(67)43-17-22-54(65-55(42)43)58(2,70)27-36-10-7-9-34(23-35)44(36)26-40-31-61-33-62-40/h7,9-10,15,17,19-22,25,31,33,35,37,39,45-48,50,54,65-68,70H,4-6,11-12,14,18,23-24,26-30,32H2,1-2H3,(H,61,62)(H3,60,63,64)/t35-,37-,45+,46+,47+,48-,50-,54+,58-,59-/m1/s1. The van der Waals surface area contributed by atoms with Gasteiger partial charge in [-0.15, -0.1) is 28.6 Å². The van der Waals surface area contributed by atoms with Crippen LogP contribution < -0.4 is 16.4 Å². The van der Waals surface area contributed by atoms with Crippen LogP contribution in [0.3, 0.4) is 0 Å². The Bertz CT molecular complexity index is 3030. The summed E-state index contributed by atoms with van der Waals surface area (Å²) in [5.74, 6) is 13.2. The van der Waals surface area contributed by atoms with Crippen LogP contribution in [0.4, 0.5) is 5.69 Å². The number of carbonyl (C=O) groups is 1. The summed E-state index contributed by atoms with van der Waals surface area (Å²) in [6.07, 6.45) is 17.1. The van der Waals surface area contributed by atoms with E-state index >= 15 is 4.79 Å². The summed E-state index contributed by atoms with van der Waals surface area (Å²) in [5.41, 5.74) is 12.2. The number of aliphatic imine (C=N–C) groups is 1.